The summed E-state index contributed by atoms with van der Waals surface area (Å²) in [5, 5.41) is 11.9. The predicted molar refractivity (Wildman–Crippen MR) is 158 cm³/mol. The molecule has 5 rings (SSSR count). The van der Waals surface area contributed by atoms with E-state index in [1.54, 1.807) is 24.3 Å². The zero-order valence-electron chi connectivity index (χ0n) is 23.1. The highest BCUT2D eigenvalue weighted by atomic mass is 32.1. The van der Waals surface area contributed by atoms with E-state index in [4.69, 9.17) is 14.5 Å². The molecule has 1 aromatic heterocycles. The molecule has 206 valence electrons. The zero-order chi connectivity index (χ0) is 28.4. The number of carbonyl (C=O) groups is 2. The number of thiazole rings is 1. The third kappa shape index (κ3) is 5.19. The average molecular weight is 557 g/mol. The number of anilines is 1. The summed E-state index contributed by atoms with van der Waals surface area (Å²) >= 11 is 1.36. The molecule has 1 atom stereocenters. The van der Waals surface area contributed by atoms with Gasteiger partial charge in [0.1, 0.15) is 17.3 Å². The Morgan fingerprint density at radius 1 is 1.00 bits per heavy atom. The van der Waals surface area contributed by atoms with Crippen LogP contribution in [0.25, 0.3) is 16.0 Å². The van der Waals surface area contributed by atoms with Crippen molar-refractivity contribution in [1.29, 1.82) is 0 Å². The van der Waals surface area contributed by atoms with Crippen LogP contribution in [-0.4, -0.2) is 35.0 Å². The summed E-state index contributed by atoms with van der Waals surface area (Å²) in [4.78, 5) is 33.4. The second kappa shape index (κ2) is 11.5. The number of nitrogens with zero attached hydrogens (tertiary/aromatic N) is 2. The van der Waals surface area contributed by atoms with Crippen LogP contribution < -0.4 is 14.4 Å². The van der Waals surface area contributed by atoms with E-state index in [0.29, 0.717) is 41.0 Å². The number of carbonyl (C=O) groups excluding carboxylic acids is 2. The molecule has 1 N–H and O–H groups in total. The van der Waals surface area contributed by atoms with Crippen molar-refractivity contribution in [1.82, 2.24) is 4.98 Å². The standard InChI is InChI=1S/C32H32N2O5S/c1-5-7-15-39-23-13-11-21(12-14-23)28-26(29(35)22-9-8-10-24(18-22)38-6-2)30(36)31(37)34(28)32-33-27-20(4)16-19(3)17-25(27)40-32/h8-14,16-18,28,35H,5-7,15H2,1-4H3/b29-26+. The Balaban J connectivity index is 1.65. The van der Waals surface area contributed by atoms with Gasteiger partial charge in [-0.2, -0.15) is 0 Å². The lowest BCUT2D eigenvalue weighted by Gasteiger charge is -2.23. The van der Waals surface area contributed by atoms with Crippen LogP contribution in [0.15, 0.2) is 66.2 Å². The molecule has 1 fully saturated rings. The van der Waals surface area contributed by atoms with E-state index < -0.39 is 17.7 Å². The minimum absolute atomic E-state index is 0.00505. The van der Waals surface area contributed by atoms with Gasteiger partial charge in [-0.05, 0) is 74.2 Å². The van der Waals surface area contributed by atoms with E-state index in [9.17, 15) is 14.7 Å². The minimum atomic E-state index is -0.873. The number of hydrogen-bond acceptors (Lipinski definition) is 7. The molecule has 1 saturated heterocycles. The Kier molecular flexibility index (Phi) is 7.89. The van der Waals surface area contributed by atoms with Crippen molar-refractivity contribution in [2.75, 3.05) is 18.1 Å². The number of rotatable bonds is 9. The Bertz CT molecular complexity index is 1610. The van der Waals surface area contributed by atoms with Gasteiger partial charge in [0, 0.05) is 5.56 Å². The molecule has 3 aromatic carbocycles. The number of ether oxygens (including phenoxy) is 2. The summed E-state index contributed by atoms with van der Waals surface area (Å²) in [6, 6.07) is 17.4. The normalized spacial score (nSPS) is 16.6. The number of benzene rings is 3. The third-order valence-electron chi connectivity index (χ3n) is 6.85. The Hall–Kier alpha value is -4.17. The summed E-state index contributed by atoms with van der Waals surface area (Å²) in [5.74, 6) is -0.500. The van der Waals surface area contributed by atoms with Gasteiger partial charge in [0.15, 0.2) is 5.13 Å². The number of unbranched alkanes of at least 4 members (excludes halogenated alkanes) is 1. The van der Waals surface area contributed by atoms with E-state index in [1.165, 1.54) is 16.2 Å². The van der Waals surface area contributed by atoms with Crippen LogP contribution in [0.2, 0.25) is 0 Å². The van der Waals surface area contributed by atoms with E-state index in [2.05, 4.69) is 6.92 Å². The van der Waals surface area contributed by atoms with Crippen molar-refractivity contribution in [3.05, 3.63) is 88.5 Å². The van der Waals surface area contributed by atoms with Crippen LogP contribution in [0, 0.1) is 13.8 Å². The maximum atomic E-state index is 13.6. The van der Waals surface area contributed by atoms with Crippen LogP contribution in [0.3, 0.4) is 0 Å². The number of aryl methyl sites for hydroxylation is 2. The molecule has 1 aliphatic rings. The molecular weight excluding hydrogens is 524 g/mol. The van der Waals surface area contributed by atoms with Gasteiger partial charge < -0.3 is 14.6 Å². The number of aromatic nitrogens is 1. The lowest BCUT2D eigenvalue weighted by atomic mass is 9.95. The van der Waals surface area contributed by atoms with E-state index >= 15 is 0 Å². The minimum Gasteiger partial charge on any atom is -0.507 e. The third-order valence-corrected chi connectivity index (χ3v) is 7.85. The summed E-state index contributed by atoms with van der Waals surface area (Å²) < 4.78 is 12.4. The quantitative estimate of drug-likeness (QED) is 0.102. The van der Waals surface area contributed by atoms with Crippen LogP contribution in [0.1, 0.15) is 55.0 Å². The number of aliphatic hydroxyl groups is 1. The topological polar surface area (TPSA) is 89.0 Å². The van der Waals surface area contributed by atoms with Crippen molar-refractivity contribution >= 4 is 44.1 Å². The molecule has 8 heteroatoms. The average Bonchev–Trinajstić information content (AvgIpc) is 3.47. The first kappa shape index (κ1) is 27.4. The van der Waals surface area contributed by atoms with Crippen LogP contribution >= 0.6 is 11.3 Å². The lowest BCUT2D eigenvalue weighted by Crippen LogP contribution is -2.29. The number of aliphatic hydroxyl groups excluding tert-OH is 1. The van der Waals surface area contributed by atoms with Crippen molar-refractivity contribution in [3.63, 3.8) is 0 Å². The first-order valence-electron chi connectivity index (χ1n) is 13.5. The molecule has 2 heterocycles. The van der Waals surface area contributed by atoms with Gasteiger partial charge in [-0.25, -0.2) is 4.98 Å². The predicted octanol–water partition coefficient (Wildman–Crippen LogP) is 7.12. The second-order valence-electron chi connectivity index (χ2n) is 9.83. The summed E-state index contributed by atoms with van der Waals surface area (Å²) in [5.41, 5.74) is 3.93. The van der Waals surface area contributed by atoms with E-state index in [-0.39, 0.29) is 11.3 Å². The summed E-state index contributed by atoms with van der Waals surface area (Å²) in [6.45, 7) is 9.03. The van der Waals surface area contributed by atoms with Crippen LogP contribution in [0.4, 0.5) is 5.13 Å². The fourth-order valence-corrected chi connectivity index (χ4v) is 6.11. The molecule has 1 amide bonds. The second-order valence-corrected chi connectivity index (χ2v) is 10.8. The van der Waals surface area contributed by atoms with Crippen molar-refractivity contribution in [3.8, 4) is 11.5 Å². The lowest BCUT2D eigenvalue weighted by molar-refractivity contribution is -0.132. The van der Waals surface area contributed by atoms with Crippen molar-refractivity contribution in [2.45, 2.75) is 46.6 Å². The number of hydrogen-bond donors (Lipinski definition) is 1. The molecule has 1 unspecified atom stereocenters. The maximum absolute atomic E-state index is 13.6. The molecule has 0 bridgehead atoms. The van der Waals surface area contributed by atoms with E-state index in [0.717, 1.165) is 34.2 Å². The SMILES string of the molecule is CCCCOc1ccc(C2/C(=C(\O)c3cccc(OCC)c3)C(=O)C(=O)N2c2nc3c(C)cc(C)cc3s2)cc1. The molecule has 4 aromatic rings. The fraction of sp³-hybridized carbons (Fsp3) is 0.281. The van der Waals surface area contributed by atoms with Crippen molar-refractivity contribution < 1.29 is 24.2 Å². The number of amides is 1. The maximum Gasteiger partial charge on any atom is 0.301 e. The highest BCUT2D eigenvalue weighted by Gasteiger charge is 2.48. The molecule has 0 aliphatic carbocycles. The number of fused-ring (bicyclic) bond motifs is 1. The highest BCUT2D eigenvalue weighted by molar-refractivity contribution is 7.22. The van der Waals surface area contributed by atoms with E-state index in [1.807, 2.05) is 57.2 Å². The monoisotopic (exact) mass is 556 g/mol. The summed E-state index contributed by atoms with van der Waals surface area (Å²) in [6.07, 6.45) is 1.97. The Morgan fingerprint density at radius 3 is 2.50 bits per heavy atom. The van der Waals surface area contributed by atoms with Gasteiger partial charge in [-0.1, -0.05) is 55.0 Å². The zero-order valence-corrected chi connectivity index (χ0v) is 23.9. The van der Waals surface area contributed by atoms with Crippen LogP contribution in [0.5, 0.6) is 11.5 Å². The van der Waals surface area contributed by atoms with Gasteiger partial charge in [0.2, 0.25) is 0 Å². The van der Waals surface area contributed by atoms with Gasteiger partial charge in [-0.3, -0.25) is 14.5 Å². The molecular formula is C32H32N2O5S. The first-order valence-corrected chi connectivity index (χ1v) is 14.3. The molecule has 0 saturated carbocycles. The highest BCUT2D eigenvalue weighted by Crippen LogP contribution is 2.45. The van der Waals surface area contributed by atoms with Crippen LogP contribution in [-0.2, 0) is 9.59 Å². The smallest absolute Gasteiger partial charge is 0.301 e. The number of Topliss-reactive ketones (excluding diaryl/α,β-unsaturated/α-hetero) is 1. The Morgan fingerprint density at radius 2 is 1.77 bits per heavy atom. The van der Waals surface area contributed by atoms with Gasteiger partial charge in [-0.15, -0.1) is 0 Å². The largest absolute Gasteiger partial charge is 0.507 e. The molecule has 40 heavy (non-hydrogen) atoms. The molecule has 0 spiro atoms. The van der Waals surface area contributed by atoms with Gasteiger partial charge in [0.05, 0.1) is 35.0 Å². The Labute approximate surface area is 237 Å². The first-order chi connectivity index (χ1) is 19.3. The van der Waals surface area contributed by atoms with Gasteiger partial charge >= 0.3 is 5.91 Å². The van der Waals surface area contributed by atoms with Crippen molar-refractivity contribution in [2.24, 2.45) is 0 Å². The fourth-order valence-electron chi connectivity index (χ4n) is 4.94. The number of ketones is 1. The molecule has 7 nitrogen and oxygen atoms in total. The molecule has 1 aliphatic heterocycles. The molecule has 0 radical (unpaired) electrons. The summed E-state index contributed by atoms with van der Waals surface area (Å²) in [7, 11) is 0. The van der Waals surface area contributed by atoms with Gasteiger partial charge in [0.25, 0.3) is 5.78 Å².